The van der Waals surface area contributed by atoms with Gasteiger partial charge in [-0.3, -0.25) is 14.6 Å². The highest BCUT2D eigenvalue weighted by atomic mass is 16.2. The molecule has 0 bridgehead atoms. The van der Waals surface area contributed by atoms with Gasteiger partial charge in [0, 0.05) is 5.92 Å². The first-order chi connectivity index (χ1) is 7.91. The Hall–Kier alpha value is -2.18. The van der Waals surface area contributed by atoms with E-state index >= 15 is 0 Å². The van der Waals surface area contributed by atoms with Gasteiger partial charge in [0.2, 0.25) is 5.91 Å². The predicted octanol–water partition coefficient (Wildman–Crippen LogP) is 0.0175. The zero-order chi connectivity index (χ0) is 12.7. The first-order valence-electron chi connectivity index (χ1n) is 5.17. The van der Waals surface area contributed by atoms with Crippen LogP contribution in [0.3, 0.4) is 0 Å². The van der Waals surface area contributed by atoms with E-state index in [1.165, 1.54) is 0 Å². The maximum atomic E-state index is 11.9. The van der Waals surface area contributed by atoms with Crippen molar-refractivity contribution in [1.29, 1.82) is 0 Å². The molecule has 2 aromatic heterocycles. The van der Waals surface area contributed by atoms with Crippen molar-refractivity contribution < 1.29 is 4.79 Å². The van der Waals surface area contributed by atoms with Crippen molar-refractivity contribution in [3.05, 3.63) is 26.7 Å². The molecule has 2 N–H and O–H groups in total. The number of aromatic nitrogens is 4. The van der Waals surface area contributed by atoms with E-state index < -0.39 is 17.2 Å². The fourth-order valence-corrected chi connectivity index (χ4v) is 1.57. The molecule has 2 heterocycles. The third-order valence-electron chi connectivity index (χ3n) is 2.38. The van der Waals surface area contributed by atoms with E-state index in [0.717, 1.165) is 4.57 Å². The average Bonchev–Trinajstić information content (AvgIpc) is 2.59. The van der Waals surface area contributed by atoms with Gasteiger partial charge >= 0.3 is 5.69 Å². The number of carbonyl (C=O) groups excluding carboxylic acids is 1. The number of nitrogens with one attached hydrogen (secondary N) is 2. The molecule has 0 amide bonds. The first-order valence-corrected chi connectivity index (χ1v) is 5.17. The standard InChI is InChI=1S/C10H12N4O3/c1-4(2)9(16)14-7-6(11-5(3)12-7)8(15)13-10(14)17/h4H,1-3H3,(H,11,12)(H,13,15,17). The predicted molar refractivity (Wildman–Crippen MR) is 61.2 cm³/mol. The normalized spacial score (nSPS) is 11.3. The summed E-state index contributed by atoms with van der Waals surface area (Å²) >= 11 is 0. The summed E-state index contributed by atoms with van der Waals surface area (Å²) in [6.07, 6.45) is 0. The summed E-state index contributed by atoms with van der Waals surface area (Å²) in [6, 6.07) is 0. The van der Waals surface area contributed by atoms with Crippen molar-refractivity contribution in [3.63, 3.8) is 0 Å². The molecule has 2 rings (SSSR count). The molecule has 7 nitrogen and oxygen atoms in total. The van der Waals surface area contributed by atoms with E-state index in [0.29, 0.717) is 5.82 Å². The molecule has 17 heavy (non-hydrogen) atoms. The molecule has 0 fully saturated rings. The smallest absolute Gasteiger partial charge is 0.336 e. The molecule has 90 valence electrons. The molecule has 0 saturated heterocycles. The second kappa shape index (κ2) is 3.69. The minimum absolute atomic E-state index is 0.0787. The molecule has 0 spiro atoms. The van der Waals surface area contributed by atoms with Crippen LogP contribution in [0.25, 0.3) is 11.2 Å². The van der Waals surface area contributed by atoms with Crippen LogP contribution in [0, 0.1) is 12.8 Å². The Morgan fingerprint density at radius 2 is 1.94 bits per heavy atom. The molecular formula is C10H12N4O3. The zero-order valence-corrected chi connectivity index (χ0v) is 9.70. The van der Waals surface area contributed by atoms with Gasteiger partial charge in [-0.1, -0.05) is 13.8 Å². The molecule has 0 aliphatic carbocycles. The second-order valence-electron chi connectivity index (χ2n) is 4.11. The fraction of sp³-hybridized carbons (Fsp3) is 0.400. The highest BCUT2D eigenvalue weighted by Gasteiger charge is 2.18. The number of fused-ring (bicyclic) bond motifs is 1. The van der Waals surface area contributed by atoms with Crippen molar-refractivity contribution in [2.24, 2.45) is 5.92 Å². The summed E-state index contributed by atoms with van der Waals surface area (Å²) in [5.74, 6) is -0.289. The SMILES string of the molecule is Cc1nc2c([nH]1)c(=O)[nH]c(=O)n2C(=O)C(C)C. The van der Waals surface area contributed by atoms with E-state index in [4.69, 9.17) is 0 Å². The van der Waals surface area contributed by atoms with Crippen LogP contribution in [0.4, 0.5) is 0 Å². The van der Waals surface area contributed by atoms with Gasteiger partial charge in [0.25, 0.3) is 5.56 Å². The van der Waals surface area contributed by atoms with Crippen LogP contribution in [-0.4, -0.2) is 25.4 Å². The van der Waals surface area contributed by atoms with E-state index in [-0.39, 0.29) is 17.1 Å². The van der Waals surface area contributed by atoms with Crippen molar-refractivity contribution in [3.8, 4) is 0 Å². The topological polar surface area (TPSA) is 101 Å². The van der Waals surface area contributed by atoms with E-state index in [2.05, 4.69) is 15.0 Å². The van der Waals surface area contributed by atoms with Gasteiger partial charge in [-0.2, -0.15) is 0 Å². The van der Waals surface area contributed by atoms with Crippen LogP contribution < -0.4 is 11.2 Å². The largest absolute Gasteiger partial charge is 0.337 e. The summed E-state index contributed by atoms with van der Waals surface area (Å²) < 4.78 is 0.894. The Labute approximate surface area is 95.5 Å². The lowest BCUT2D eigenvalue weighted by molar-refractivity contribution is 0.0854. The van der Waals surface area contributed by atoms with E-state index in [1.54, 1.807) is 20.8 Å². The maximum Gasteiger partial charge on any atom is 0.337 e. The molecular weight excluding hydrogens is 224 g/mol. The average molecular weight is 236 g/mol. The number of hydrogen-bond donors (Lipinski definition) is 2. The number of hydrogen-bond acceptors (Lipinski definition) is 4. The van der Waals surface area contributed by atoms with Gasteiger partial charge in [0.1, 0.15) is 11.3 Å². The summed E-state index contributed by atoms with van der Waals surface area (Å²) in [5, 5.41) is 0. The number of aromatic amines is 2. The number of aryl methyl sites for hydroxylation is 1. The van der Waals surface area contributed by atoms with Crippen LogP contribution in [0.5, 0.6) is 0 Å². The molecule has 2 aromatic rings. The summed E-state index contributed by atoms with van der Waals surface area (Å²) in [4.78, 5) is 43.9. The minimum atomic E-state index is -0.757. The zero-order valence-electron chi connectivity index (χ0n) is 9.70. The van der Waals surface area contributed by atoms with Gasteiger partial charge in [-0.05, 0) is 6.92 Å². The summed E-state index contributed by atoms with van der Waals surface area (Å²) in [6.45, 7) is 4.99. The Kier molecular flexibility index (Phi) is 2.45. The van der Waals surface area contributed by atoms with Gasteiger partial charge in [0.05, 0.1) is 0 Å². The van der Waals surface area contributed by atoms with Crippen LogP contribution in [0.15, 0.2) is 9.59 Å². The van der Waals surface area contributed by atoms with Crippen molar-refractivity contribution in [2.45, 2.75) is 20.8 Å². The molecule has 0 aliphatic heterocycles. The van der Waals surface area contributed by atoms with Crippen LogP contribution in [0.1, 0.15) is 24.5 Å². The first kappa shape index (κ1) is 11.3. The lowest BCUT2D eigenvalue weighted by Gasteiger charge is -2.06. The highest BCUT2D eigenvalue weighted by Crippen LogP contribution is 2.06. The van der Waals surface area contributed by atoms with Crippen LogP contribution in [-0.2, 0) is 0 Å². The van der Waals surface area contributed by atoms with Crippen molar-refractivity contribution >= 4 is 17.1 Å². The van der Waals surface area contributed by atoms with Crippen LogP contribution >= 0.6 is 0 Å². The van der Waals surface area contributed by atoms with Gasteiger partial charge in [-0.25, -0.2) is 14.3 Å². The molecule has 0 saturated carbocycles. The molecule has 0 aliphatic rings. The van der Waals surface area contributed by atoms with Gasteiger partial charge in [-0.15, -0.1) is 0 Å². The quantitative estimate of drug-likeness (QED) is 0.728. The lowest BCUT2D eigenvalue weighted by atomic mass is 10.2. The second-order valence-corrected chi connectivity index (χ2v) is 4.11. The number of H-pyrrole nitrogens is 2. The number of imidazole rings is 1. The Morgan fingerprint density at radius 3 is 2.53 bits per heavy atom. The Balaban J connectivity index is 2.92. The van der Waals surface area contributed by atoms with Gasteiger partial charge < -0.3 is 4.98 Å². The lowest BCUT2D eigenvalue weighted by Crippen LogP contribution is -2.36. The molecule has 0 atom stereocenters. The van der Waals surface area contributed by atoms with Crippen molar-refractivity contribution in [1.82, 2.24) is 19.5 Å². The number of rotatable bonds is 1. The molecule has 7 heteroatoms. The number of carbonyl (C=O) groups is 1. The molecule has 0 radical (unpaired) electrons. The maximum absolute atomic E-state index is 11.9. The van der Waals surface area contributed by atoms with E-state index in [1.807, 2.05) is 0 Å². The Morgan fingerprint density at radius 1 is 1.29 bits per heavy atom. The summed E-state index contributed by atoms with van der Waals surface area (Å²) in [5.41, 5.74) is -1.11. The summed E-state index contributed by atoms with van der Waals surface area (Å²) in [7, 11) is 0. The number of nitrogens with zero attached hydrogens (tertiary/aromatic N) is 2. The monoisotopic (exact) mass is 236 g/mol. The fourth-order valence-electron chi connectivity index (χ4n) is 1.57. The molecule has 0 unspecified atom stereocenters. The Bertz CT molecular complexity index is 704. The highest BCUT2D eigenvalue weighted by molar-refractivity contribution is 5.88. The van der Waals surface area contributed by atoms with Crippen LogP contribution in [0.2, 0.25) is 0 Å². The minimum Gasteiger partial charge on any atom is -0.336 e. The van der Waals surface area contributed by atoms with E-state index in [9.17, 15) is 14.4 Å². The third-order valence-corrected chi connectivity index (χ3v) is 2.38. The van der Waals surface area contributed by atoms with Gasteiger partial charge in [0.15, 0.2) is 5.65 Å². The molecule has 0 aromatic carbocycles. The third kappa shape index (κ3) is 1.69. The van der Waals surface area contributed by atoms with Crippen molar-refractivity contribution in [2.75, 3.05) is 0 Å².